The molecule has 128 valence electrons. The minimum absolute atomic E-state index is 0.122. The van der Waals surface area contributed by atoms with E-state index in [1.807, 2.05) is 6.07 Å². The SMILES string of the molecule is C[C@@H](Oc1ccccc1C#N)C(=O)N1CCC[C@@H](CCC(=O)O)C1. The van der Waals surface area contributed by atoms with Crippen LogP contribution in [0, 0.1) is 17.2 Å². The summed E-state index contributed by atoms with van der Waals surface area (Å²) in [6.45, 7) is 2.91. The van der Waals surface area contributed by atoms with Gasteiger partial charge in [-0.15, -0.1) is 0 Å². The van der Waals surface area contributed by atoms with Gasteiger partial charge in [-0.1, -0.05) is 12.1 Å². The Hall–Kier alpha value is -2.55. The summed E-state index contributed by atoms with van der Waals surface area (Å²) in [7, 11) is 0. The molecule has 1 amide bonds. The summed E-state index contributed by atoms with van der Waals surface area (Å²) >= 11 is 0. The molecule has 6 nitrogen and oxygen atoms in total. The Morgan fingerprint density at radius 1 is 1.46 bits per heavy atom. The van der Waals surface area contributed by atoms with Crippen molar-refractivity contribution in [1.82, 2.24) is 4.90 Å². The van der Waals surface area contributed by atoms with Crippen LogP contribution in [0.25, 0.3) is 0 Å². The molecule has 1 aliphatic heterocycles. The number of hydrogen-bond acceptors (Lipinski definition) is 4. The number of likely N-dealkylation sites (tertiary alicyclic amines) is 1. The maximum absolute atomic E-state index is 12.6. The summed E-state index contributed by atoms with van der Waals surface area (Å²) in [5.41, 5.74) is 0.398. The quantitative estimate of drug-likeness (QED) is 0.865. The van der Waals surface area contributed by atoms with Crippen LogP contribution in [0.15, 0.2) is 24.3 Å². The van der Waals surface area contributed by atoms with Crippen molar-refractivity contribution in [1.29, 1.82) is 5.26 Å². The molecule has 1 aromatic carbocycles. The molecule has 2 atom stereocenters. The van der Waals surface area contributed by atoms with Gasteiger partial charge in [-0.2, -0.15) is 5.26 Å². The van der Waals surface area contributed by atoms with Gasteiger partial charge in [0.25, 0.3) is 5.91 Å². The molecule has 0 unspecified atom stereocenters. The number of carbonyl (C=O) groups excluding carboxylic acids is 1. The second kappa shape index (κ2) is 8.34. The van der Waals surface area contributed by atoms with E-state index in [0.717, 1.165) is 12.8 Å². The minimum Gasteiger partial charge on any atom is -0.481 e. The van der Waals surface area contributed by atoms with E-state index in [9.17, 15) is 9.59 Å². The fraction of sp³-hybridized carbons (Fsp3) is 0.500. The van der Waals surface area contributed by atoms with Crippen LogP contribution in [0.2, 0.25) is 0 Å². The molecule has 1 saturated heterocycles. The van der Waals surface area contributed by atoms with Crippen LogP contribution in [0.5, 0.6) is 5.75 Å². The summed E-state index contributed by atoms with van der Waals surface area (Å²) < 4.78 is 5.68. The number of rotatable bonds is 6. The highest BCUT2D eigenvalue weighted by Crippen LogP contribution is 2.23. The zero-order valence-electron chi connectivity index (χ0n) is 13.8. The number of piperidine rings is 1. The van der Waals surface area contributed by atoms with E-state index in [1.165, 1.54) is 0 Å². The standard InChI is InChI=1S/C18H22N2O4/c1-13(24-16-7-3-2-6-15(16)11-19)18(23)20-10-4-5-14(12-20)8-9-17(21)22/h2-3,6-7,13-14H,4-5,8-10,12H2,1H3,(H,21,22)/t13-,14+/m1/s1. The zero-order chi connectivity index (χ0) is 17.5. The topological polar surface area (TPSA) is 90.6 Å². The number of carboxylic acid groups (broad SMARTS) is 1. The first kappa shape index (κ1) is 17.8. The van der Waals surface area contributed by atoms with Crippen LogP contribution in [-0.4, -0.2) is 41.1 Å². The molecule has 1 aromatic rings. The average Bonchev–Trinajstić information content (AvgIpc) is 2.60. The highest BCUT2D eigenvalue weighted by atomic mass is 16.5. The lowest BCUT2D eigenvalue weighted by atomic mass is 9.93. The lowest BCUT2D eigenvalue weighted by Gasteiger charge is -2.34. The fourth-order valence-corrected chi connectivity index (χ4v) is 2.99. The first-order valence-corrected chi connectivity index (χ1v) is 8.17. The third-order valence-electron chi connectivity index (χ3n) is 4.26. The van der Waals surface area contributed by atoms with Gasteiger partial charge in [0.1, 0.15) is 11.8 Å². The molecule has 24 heavy (non-hydrogen) atoms. The molecule has 1 N–H and O–H groups in total. The van der Waals surface area contributed by atoms with Crippen molar-refractivity contribution in [3.63, 3.8) is 0 Å². The molecule has 0 radical (unpaired) electrons. The molecule has 0 bridgehead atoms. The van der Waals surface area contributed by atoms with Gasteiger partial charge >= 0.3 is 5.97 Å². The average molecular weight is 330 g/mol. The van der Waals surface area contributed by atoms with E-state index < -0.39 is 12.1 Å². The Morgan fingerprint density at radius 2 is 2.21 bits per heavy atom. The number of ether oxygens (including phenoxy) is 1. The Morgan fingerprint density at radius 3 is 2.92 bits per heavy atom. The highest BCUT2D eigenvalue weighted by molar-refractivity contribution is 5.81. The van der Waals surface area contributed by atoms with Gasteiger partial charge < -0.3 is 14.7 Å². The molecule has 1 fully saturated rings. The van der Waals surface area contributed by atoms with Crippen LogP contribution in [0.3, 0.4) is 0 Å². The van der Waals surface area contributed by atoms with E-state index in [0.29, 0.717) is 30.8 Å². The number of hydrogen-bond donors (Lipinski definition) is 1. The maximum Gasteiger partial charge on any atom is 0.303 e. The van der Waals surface area contributed by atoms with Crippen LogP contribution in [-0.2, 0) is 9.59 Å². The number of aliphatic carboxylic acids is 1. The lowest BCUT2D eigenvalue weighted by Crippen LogP contribution is -2.45. The molecule has 6 heteroatoms. The van der Waals surface area contributed by atoms with Gasteiger partial charge in [-0.05, 0) is 44.2 Å². The van der Waals surface area contributed by atoms with Gasteiger partial charge in [0.15, 0.2) is 6.10 Å². The molecule has 2 rings (SSSR count). The van der Waals surface area contributed by atoms with Crippen molar-refractivity contribution in [3.8, 4) is 11.8 Å². The predicted molar refractivity (Wildman–Crippen MR) is 87.4 cm³/mol. The summed E-state index contributed by atoms with van der Waals surface area (Å²) in [6.07, 6.45) is 1.86. The normalized spacial score (nSPS) is 18.5. The molecule has 0 spiro atoms. The molecule has 0 aromatic heterocycles. The van der Waals surface area contributed by atoms with E-state index >= 15 is 0 Å². The second-order valence-corrected chi connectivity index (χ2v) is 6.09. The molecule has 1 heterocycles. The largest absolute Gasteiger partial charge is 0.481 e. The summed E-state index contributed by atoms with van der Waals surface area (Å²) in [4.78, 5) is 25.0. The molecule has 0 saturated carbocycles. The summed E-state index contributed by atoms with van der Waals surface area (Å²) in [5.74, 6) is -0.302. The maximum atomic E-state index is 12.6. The number of carboxylic acids is 1. The van der Waals surface area contributed by atoms with E-state index in [4.69, 9.17) is 15.1 Å². The fourth-order valence-electron chi connectivity index (χ4n) is 2.99. The molecule has 1 aliphatic rings. The zero-order valence-corrected chi connectivity index (χ0v) is 13.8. The van der Waals surface area contributed by atoms with Crippen molar-refractivity contribution >= 4 is 11.9 Å². The lowest BCUT2D eigenvalue weighted by molar-refractivity contribution is -0.140. The van der Waals surface area contributed by atoms with Crippen LogP contribution < -0.4 is 4.74 Å². The Kier molecular flexibility index (Phi) is 6.19. The molecule has 0 aliphatic carbocycles. The Labute approximate surface area is 141 Å². The van der Waals surface area contributed by atoms with Crippen LogP contribution in [0.1, 0.15) is 38.2 Å². The molecular weight excluding hydrogens is 308 g/mol. The first-order chi connectivity index (χ1) is 11.5. The van der Waals surface area contributed by atoms with E-state index in [1.54, 1.807) is 36.1 Å². The van der Waals surface area contributed by atoms with Gasteiger partial charge in [-0.3, -0.25) is 9.59 Å². The smallest absolute Gasteiger partial charge is 0.303 e. The van der Waals surface area contributed by atoms with Crippen molar-refractivity contribution in [3.05, 3.63) is 29.8 Å². The number of nitriles is 1. The van der Waals surface area contributed by atoms with E-state index in [2.05, 4.69) is 0 Å². The summed E-state index contributed by atoms with van der Waals surface area (Å²) in [5, 5.41) is 17.9. The van der Waals surface area contributed by atoms with Gasteiger partial charge in [0.2, 0.25) is 0 Å². The monoisotopic (exact) mass is 330 g/mol. The third kappa shape index (κ3) is 4.72. The van der Waals surface area contributed by atoms with Gasteiger partial charge in [0, 0.05) is 19.5 Å². The number of carbonyl (C=O) groups is 2. The summed E-state index contributed by atoms with van der Waals surface area (Å²) in [6, 6.07) is 8.88. The van der Waals surface area contributed by atoms with Gasteiger partial charge in [-0.25, -0.2) is 0 Å². The van der Waals surface area contributed by atoms with Crippen molar-refractivity contribution < 1.29 is 19.4 Å². The van der Waals surface area contributed by atoms with Crippen LogP contribution in [0.4, 0.5) is 0 Å². The molecular formula is C18H22N2O4. The van der Waals surface area contributed by atoms with E-state index in [-0.39, 0.29) is 18.2 Å². The first-order valence-electron chi connectivity index (χ1n) is 8.17. The third-order valence-corrected chi connectivity index (χ3v) is 4.26. The number of benzene rings is 1. The number of amides is 1. The number of para-hydroxylation sites is 1. The second-order valence-electron chi connectivity index (χ2n) is 6.09. The predicted octanol–water partition coefficient (Wildman–Crippen LogP) is 2.43. The Bertz CT molecular complexity index is 638. The minimum atomic E-state index is -0.803. The van der Waals surface area contributed by atoms with Crippen LogP contribution >= 0.6 is 0 Å². The highest BCUT2D eigenvalue weighted by Gasteiger charge is 2.28. The van der Waals surface area contributed by atoms with Gasteiger partial charge in [0.05, 0.1) is 5.56 Å². The number of nitrogens with zero attached hydrogens (tertiary/aromatic N) is 2. The van der Waals surface area contributed by atoms with Crippen molar-refractivity contribution in [2.45, 2.75) is 38.7 Å². The Balaban J connectivity index is 1.94. The van der Waals surface area contributed by atoms with Crippen molar-refractivity contribution in [2.75, 3.05) is 13.1 Å². The van der Waals surface area contributed by atoms with Crippen molar-refractivity contribution in [2.24, 2.45) is 5.92 Å².